The SMILES string of the molecule is Fc1ccc(Cc2nc(-c3ccc(F)cc3F)cs2)cc1. The van der Waals surface area contributed by atoms with E-state index in [1.54, 1.807) is 17.5 Å². The van der Waals surface area contributed by atoms with Gasteiger partial charge in [0.15, 0.2) is 0 Å². The van der Waals surface area contributed by atoms with Gasteiger partial charge in [0.1, 0.15) is 17.5 Å². The van der Waals surface area contributed by atoms with Gasteiger partial charge in [0.2, 0.25) is 0 Å². The summed E-state index contributed by atoms with van der Waals surface area (Å²) in [6.07, 6.45) is 0.549. The van der Waals surface area contributed by atoms with Gasteiger partial charge in [-0.25, -0.2) is 18.2 Å². The van der Waals surface area contributed by atoms with Gasteiger partial charge in [-0.1, -0.05) is 12.1 Å². The van der Waals surface area contributed by atoms with Gasteiger partial charge in [-0.15, -0.1) is 11.3 Å². The van der Waals surface area contributed by atoms with Gasteiger partial charge in [0.05, 0.1) is 10.7 Å². The van der Waals surface area contributed by atoms with Crippen LogP contribution in [0.25, 0.3) is 11.3 Å². The molecule has 0 atom stereocenters. The van der Waals surface area contributed by atoms with Crippen LogP contribution in [0.1, 0.15) is 10.6 Å². The molecule has 1 nitrogen and oxygen atoms in total. The zero-order valence-corrected chi connectivity index (χ0v) is 11.6. The van der Waals surface area contributed by atoms with Crippen LogP contribution in [0.3, 0.4) is 0 Å². The summed E-state index contributed by atoms with van der Waals surface area (Å²) in [7, 11) is 0. The number of thiazole rings is 1. The fourth-order valence-corrected chi connectivity index (χ4v) is 2.82. The lowest BCUT2D eigenvalue weighted by atomic mass is 10.1. The third-order valence-electron chi connectivity index (χ3n) is 3.03. The maximum atomic E-state index is 13.7. The molecular weight excluding hydrogens is 295 g/mol. The Morgan fingerprint density at radius 3 is 2.33 bits per heavy atom. The van der Waals surface area contributed by atoms with E-state index in [1.807, 2.05) is 0 Å². The van der Waals surface area contributed by atoms with Crippen LogP contribution in [0.15, 0.2) is 47.8 Å². The fourth-order valence-electron chi connectivity index (χ4n) is 1.99. The summed E-state index contributed by atoms with van der Waals surface area (Å²) < 4.78 is 39.4. The lowest BCUT2D eigenvalue weighted by Gasteiger charge is -2.00. The molecule has 106 valence electrons. The van der Waals surface area contributed by atoms with E-state index in [1.165, 1.54) is 35.6 Å². The van der Waals surface area contributed by atoms with Gasteiger partial charge in [-0.05, 0) is 29.8 Å². The normalized spacial score (nSPS) is 10.8. The molecule has 3 rings (SSSR count). The van der Waals surface area contributed by atoms with E-state index in [-0.39, 0.29) is 11.4 Å². The third kappa shape index (κ3) is 3.13. The van der Waals surface area contributed by atoms with Gasteiger partial charge in [0.25, 0.3) is 0 Å². The summed E-state index contributed by atoms with van der Waals surface area (Å²) in [6.45, 7) is 0. The van der Waals surface area contributed by atoms with E-state index in [0.29, 0.717) is 12.1 Å². The Morgan fingerprint density at radius 1 is 0.905 bits per heavy atom. The van der Waals surface area contributed by atoms with Crippen LogP contribution in [-0.2, 0) is 6.42 Å². The molecule has 3 aromatic rings. The lowest BCUT2D eigenvalue weighted by Crippen LogP contribution is -1.90. The lowest BCUT2D eigenvalue weighted by molar-refractivity contribution is 0.585. The zero-order chi connectivity index (χ0) is 14.8. The van der Waals surface area contributed by atoms with E-state index >= 15 is 0 Å². The fraction of sp³-hybridized carbons (Fsp3) is 0.0625. The second kappa shape index (κ2) is 5.69. The first kappa shape index (κ1) is 13.8. The summed E-state index contributed by atoms with van der Waals surface area (Å²) in [5.74, 6) is -1.53. The highest BCUT2D eigenvalue weighted by Crippen LogP contribution is 2.26. The van der Waals surface area contributed by atoms with Gasteiger partial charge in [-0.3, -0.25) is 0 Å². The highest BCUT2D eigenvalue weighted by Gasteiger charge is 2.10. The molecule has 0 fully saturated rings. The van der Waals surface area contributed by atoms with Crippen molar-refractivity contribution in [2.75, 3.05) is 0 Å². The molecule has 0 aliphatic carbocycles. The predicted molar refractivity (Wildman–Crippen MR) is 76.7 cm³/mol. The Morgan fingerprint density at radius 2 is 1.62 bits per heavy atom. The Kier molecular flexibility index (Phi) is 3.75. The molecule has 0 saturated carbocycles. The first-order valence-corrected chi connectivity index (χ1v) is 7.14. The number of halogens is 3. The van der Waals surface area contributed by atoms with E-state index in [0.717, 1.165) is 16.6 Å². The quantitative estimate of drug-likeness (QED) is 0.676. The van der Waals surface area contributed by atoms with Gasteiger partial charge >= 0.3 is 0 Å². The average molecular weight is 305 g/mol. The van der Waals surface area contributed by atoms with Gasteiger partial charge in [-0.2, -0.15) is 0 Å². The van der Waals surface area contributed by atoms with Crippen molar-refractivity contribution in [1.29, 1.82) is 0 Å². The summed E-state index contributed by atoms with van der Waals surface area (Å²) in [6, 6.07) is 9.59. The predicted octanol–water partition coefficient (Wildman–Crippen LogP) is 4.82. The second-order valence-corrected chi connectivity index (χ2v) is 5.50. The van der Waals surface area contributed by atoms with Gasteiger partial charge in [0, 0.05) is 23.4 Å². The van der Waals surface area contributed by atoms with E-state index in [4.69, 9.17) is 0 Å². The molecule has 0 aliphatic rings. The van der Waals surface area contributed by atoms with Crippen LogP contribution in [0, 0.1) is 17.5 Å². The molecule has 0 aliphatic heterocycles. The van der Waals surface area contributed by atoms with Crippen LogP contribution in [-0.4, -0.2) is 4.98 Å². The Hall–Kier alpha value is -2.14. The number of hydrogen-bond acceptors (Lipinski definition) is 2. The summed E-state index contributed by atoms with van der Waals surface area (Å²) in [5.41, 5.74) is 1.68. The van der Waals surface area contributed by atoms with E-state index in [9.17, 15) is 13.2 Å². The number of hydrogen-bond donors (Lipinski definition) is 0. The first-order chi connectivity index (χ1) is 10.1. The van der Waals surface area contributed by atoms with E-state index < -0.39 is 11.6 Å². The molecule has 1 heterocycles. The number of rotatable bonds is 3. The molecule has 0 amide bonds. The number of benzene rings is 2. The van der Waals surface area contributed by atoms with Crippen molar-refractivity contribution in [3.8, 4) is 11.3 Å². The Balaban J connectivity index is 1.84. The standard InChI is InChI=1S/C16H10F3NS/c17-11-3-1-10(2-4-11)7-16-20-15(9-21-16)13-6-5-12(18)8-14(13)19/h1-6,8-9H,7H2. The molecule has 5 heteroatoms. The van der Waals surface area contributed by atoms with Crippen molar-refractivity contribution in [3.63, 3.8) is 0 Å². The number of aromatic nitrogens is 1. The van der Waals surface area contributed by atoms with Crippen molar-refractivity contribution in [2.45, 2.75) is 6.42 Å². The molecule has 0 bridgehead atoms. The molecular formula is C16H10F3NS. The minimum atomic E-state index is -0.631. The van der Waals surface area contributed by atoms with Crippen molar-refractivity contribution >= 4 is 11.3 Å². The van der Waals surface area contributed by atoms with Crippen molar-refractivity contribution < 1.29 is 13.2 Å². The van der Waals surface area contributed by atoms with Crippen molar-refractivity contribution in [1.82, 2.24) is 4.98 Å². The Bertz CT molecular complexity index is 765. The van der Waals surface area contributed by atoms with Crippen molar-refractivity contribution in [3.05, 3.63) is 75.9 Å². The first-order valence-electron chi connectivity index (χ1n) is 6.26. The maximum Gasteiger partial charge on any atom is 0.135 e. The highest BCUT2D eigenvalue weighted by atomic mass is 32.1. The molecule has 0 radical (unpaired) electrons. The molecule has 0 saturated heterocycles. The second-order valence-electron chi connectivity index (χ2n) is 4.55. The molecule has 2 aromatic carbocycles. The summed E-state index contributed by atoms with van der Waals surface area (Å²) in [4.78, 5) is 4.35. The van der Waals surface area contributed by atoms with Crippen LogP contribution in [0.2, 0.25) is 0 Å². The highest BCUT2D eigenvalue weighted by molar-refractivity contribution is 7.10. The molecule has 21 heavy (non-hydrogen) atoms. The third-order valence-corrected chi connectivity index (χ3v) is 3.88. The maximum absolute atomic E-state index is 13.7. The monoisotopic (exact) mass is 305 g/mol. The molecule has 0 spiro atoms. The summed E-state index contributed by atoms with van der Waals surface area (Å²) in [5, 5.41) is 2.52. The van der Waals surface area contributed by atoms with Crippen LogP contribution < -0.4 is 0 Å². The van der Waals surface area contributed by atoms with Crippen LogP contribution >= 0.6 is 11.3 Å². The Labute approximate surface area is 123 Å². The van der Waals surface area contributed by atoms with E-state index in [2.05, 4.69) is 4.98 Å². The minimum absolute atomic E-state index is 0.276. The van der Waals surface area contributed by atoms with Crippen molar-refractivity contribution in [2.24, 2.45) is 0 Å². The number of nitrogens with zero attached hydrogens (tertiary/aromatic N) is 1. The van der Waals surface area contributed by atoms with Crippen LogP contribution in [0.5, 0.6) is 0 Å². The largest absolute Gasteiger partial charge is 0.241 e. The topological polar surface area (TPSA) is 12.9 Å². The minimum Gasteiger partial charge on any atom is -0.241 e. The van der Waals surface area contributed by atoms with Gasteiger partial charge < -0.3 is 0 Å². The van der Waals surface area contributed by atoms with Crippen LogP contribution in [0.4, 0.5) is 13.2 Å². The average Bonchev–Trinajstić information content (AvgIpc) is 2.90. The molecule has 0 N–H and O–H groups in total. The zero-order valence-electron chi connectivity index (χ0n) is 10.8. The molecule has 1 aromatic heterocycles. The molecule has 0 unspecified atom stereocenters. The summed E-state index contributed by atoms with van der Waals surface area (Å²) >= 11 is 1.39. The smallest absolute Gasteiger partial charge is 0.135 e.